The molecule has 4 aromatic rings. The number of nitrogens with zero attached hydrogens (tertiary/aromatic N) is 5. The summed E-state index contributed by atoms with van der Waals surface area (Å²) in [6, 6.07) is 24.3. The van der Waals surface area contributed by atoms with Crippen molar-refractivity contribution in [2.45, 2.75) is 83.1 Å². The van der Waals surface area contributed by atoms with E-state index in [1.165, 1.54) is 0 Å². The number of halogens is 2. The van der Waals surface area contributed by atoms with Crippen molar-refractivity contribution in [3.05, 3.63) is 141 Å². The number of aliphatic imine (C=N–C) groups is 1. The third-order valence-electron chi connectivity index (χ3n) is 12.2. The number of carbonyl (C=O) groups is 4. The standard InChI is InChI=1S/C49H52Cl2N6O6/c1-30(2)63-42-27-37(62-4)21-22-39(42)46-53-44(33-13-17-35(50)18-14-33)45(34-15-19-36(51)20-16-34)57(46)49(61)55-26-25-54(43(58)29-55)24-7-5-6-9-32-10-8-11-38-40(32)28-56(48(38)60)41-23-12-31(3)52-47(41)59/h8,10-11,13-22,27,30,41,44-45H,3,5-7,9,12,23-26,28-29H2,1-2,4H3,(H,52,59)/t41?,44-,45+/m0/s1. The van der Waals surface area contributed by atoms with E-state index in [-0.39, 0.29) is 36.4 Å². The number of hydrogen-bond acceptors (Lipinski definition) is 7. The van der Waals surface area contributed by atoms with Crippen LogP contribution in [0.3, 0.4) is 0 Å². The van der Waals surface area contributed by atoms with E-state index in [0.29, 0.717) is 83.2 Å². The number of nitrogens with one attached hydrogen (secondary N) is 1. The van der Waals surface area contributed by atoms with Crippen molar-refractivity contribution in [3.63, 3.8) is 0 Å². The number of methoxy groups -OCH3 is 1. The summed E-state index contributed by atoms with van der Waals surface area (Å²) < 4.78 is 11.9. The highest BCUT2D eigenvalue weighted by atomic mass is 35.5. The van der Waals surface area contributed by atoms with E-state index < -0.39 is 18.1 Å². The lowest BCUT2D eigenvalue weighted by molar-refractivity contribution is -0.135. The number of ether oxygens (including phenoxy) is 2. The van der Waals surface area contributed by atoms with Crippen molar-refractivity contribution in [1.29, 1.82) is 0 Å². The van der Waals surface area contributed by atoms with Gasteiger partial charge in [-0.2, -0.15) is 0 Å². The van der Waals surface area contributed by atoms with Crippen LogP contribution in [-0.2, 0) is 22.6 Å². The molecule has 4 aliphatic rings. The molecule has 14 heteroatoms. The predicted octanol–water partition coefficient (Wildman–Crippen LogP) is 8.76. The first-order chi connectivity index (χ1) is 30.4. The first-order valence-corrected chi connectivity index (χ1v) is 22.4. The molecule has 2 saturated heterocycles. The third-order valence-corrected chi connectivity index (χ3v) is 12.7. The summed E-state index contributed by atoms with van der Waals surface area (Å²) in [4.78, 5) is 67.1. The minimum absolute atomic E-state index is 0.0761. The Balaban J connectivity index is 0.957. The van der Waals surface area contributed by atoms with Gasteiger partial charge in [0.25, 0.3) is 5.91 Å². The zero-order chi connectivity index (χ0) is 44.4. The molecule has 0 radical (unpaired) electrons. The molecule has 0 aliphatic carbocycles. The lowest BCUT2D eigenvalue weighted by atomic mass is 9.93. The van der Waals surface area contributed by atoms with E-state index >= 15 is 4.79 Å². The summed E-state index contributed by atoms with van der Waals surface area (Å²) in [6.45, 7) is 9.40. The molecule has 4 aromatic carbocycles. The summed E-state index contributed by atoms with van der Waals surface area (Å²) in [5.74, 6) is 1.14. The maximum atomic E-state index is 15.1. The quantitative estimate of drug-likeness (QED) is 0.134. The smallest absolute Gasteiger partial charge is 0.326 e. The Labute approximate surface area is 378 Å². The van der Waals surface area contributed by atoms with Crippen molar-refractivity contribution >= 4 is 52.8 Å². The van der Waals surface area contributed by atoms with Crippen LogP contribution in [0.4, 0.5) is 4.79 Å². The Kier molecular flexibility index (Phi) is 13.1. The maximum Gasteiger partial charge on any atom is 0.326 e. The van der Waals surface area contributed by atoms with E-state index in [4.69, 9.17) is 37.7 Å². The number of amidine groups is 1. The van der Waals surface area contributed by atoms with Crippen molar-refractivity contribution < 1.29 is 28.7 Å². The number of fused-ring (bicyclic) bond motifs is 1. The van der Waals surface area contributed by atoms with Crippen LogP contribution in [-0.4, -0.2) is 94.6 Å². The molecule has 328 valence electrons. The minimum atomic E-state index is -0.590. The number of allylic oxidation sites excluding steroid dienone is 1. The molecule has 1 unspecified atom stereocenters. The number of carbonyl (C=O) groups excluding carboxylic acids is 4. The van der Waals surface area contributed by atoms with Gasteiger partial charge in [0.1, 0.15) is 36.0 Å². The highest BCUT2D eigenvalue weighted by Gasteiger charge is 2.46. The zero-order valence-electron chi connectivity index (χ0n) is 35.8. The van der Waals surface area contributed by atoms with Crippen molar-refractivity contribution in [1.82, 2.24) is 24.9 Å². The SMILES string of the molecule is C=C1CCC(N2Cc3c(CCCCCN4CCN(C(=O)N5C(c6ccc(OC)cc6OC(C)C)=N[C@@H](c6ccc(Cl)cc6)[C@H]5c5ccc(Cl)cc5)CC4=O)cccc3C2=O)C(=O)N1. The van der Waals surface area contributed by atoms with Crippen LogP contribution in [0.5, 0.6) is 11.5 Å². The molecule has 1 N–H and O–H groups in total. The normalized spacial score (nSPS) is 20.0. The van der Waals surface area contributed by atoms with Crippen molar-refractivity contribution in [2.24, 2.45) is 4.99 Å². The fraction of sp³-hybridized carbons (Fsp3) is 0.367. The van der Waals surface area contributed by atoms with Gasteiger partial charge in [0.05, 0.1) is 24.8 Å². The Morgan fingerprint density at radius 1 is 0.889 bits per heavy atom. The number of piperazine rings is 1. The van der Waals surface area contributed by atoms with Gasteiger partial charge in [0.15, 0.2) is 0 Å². The first kappa shape index (κ1) is 43.8. The van der Waals surface area contributed by atoms with Gasteiger partial charge >= 0.3 is 6.03 Å². The number of amides is 5. The Hall–Kier alpha value is -5.85. The highest BCUT2D eigenvalue weighted by molar-refractivity contribution is 6.30. The van der Waals surface area contributed by atoms with E-state index in [0.717, 1.165) is 47.9 Å². The van der Waals surface area contributed by atoms with Gasteiger partial charge in [-0.1, -0.05) is 72.6 Å². The fourth-order valence-corrected chi connectivity index (χ4v) is 9.29. The van der Waals surface area contributed by atoms with Gasteiger partial charge < -0.3 is 29.5 Å². The van der Waals surface area contributed by atoms with Crippen LogP contribution < -0.4 is 14.8 Å². The molecule has 0 aromatic heterocycles. The van der Waals surface area contributed by atoms with Gasteiger partial charge in [-0.15, -0.1) is 0 Å². The van der Waals surface area contributed by atoms with Crippen LogP contribution in [0.25, 0.3) is 0 Å². The average Bonchev–Trinajstić information content (AvgIpc) is 3.82. The Morgan fingerprint density at radius 3 is 2.30 bits per heavy atom. The van der Waals surface area contributed by atoms with Gasteiger partial charge in [0.2, 0.25) is 11.8 Å². The minimum Gasteiger partial charge on any atom is -0.497 e. The lowest BCUT2D eigenvalue weighted by Gasteiger charge is -2.38. The molecule has 0 saturated carbocycles. The number of piperidine rings is 1. The topological polar surface area (TPSA) is 124 Å². The molecule has 4 aliphatic heterocycles. The van der Waals surface area contributed by atoms with E-state index in [1.807, 2.05) is 79.4 Å². The molecule has 8 rings (SSSR count). The second-order valence-corrected chi connectivity index (χ2v) is 17.6. The molecule has 0 bridgehead atoms. The number of unbranched alkanes of at least 4 members (excludes halogenated alkanes) is 2. The average molecular weight is 892 g/mol. The molecule has 63 heavy (non-hydrogen) atoms. The van der Waals surface area contributed by atoms with Crippen LogP contribution in [0.1, 0.15) is 96.2 Å². The molecule has 5 amide bonds. The summed E-state index contributed by atoms with van der Waals surface area (Å²) in [5, 5.41) is 3.95. The van der Waals surface area contributed by atoms with Crippen LogP contribution >= 0.6 is 23.2 Å². The van der Waals surface area contributed by atoms with Gasteiger partial charge in [0, 0.05) is 53.6 Å². The number of aryl methyl sites for hydroxylation is 1. The first-order valence-electron chi connectivity index (χ1n) is 21.6. The summed E-state index contributed by atoms with van der Waals surface area (Å²) in [5.41, 5.74) is 5.77. The molecule has 0 spiro atoms. The molecule has 12 nitrogen and oxygen atoms in total. The Bertz CT molecular complexity index is 2440. The lowest BCUT2D eigenvalue weighted by Crippen LogP contribution is -2.56. The van der Waals surface area contributed by atoms with Crippen molar-refractivity contribution in [3.8, 4) is 11.5 Å². The molecule has 3 atom stereocenters. The largest absolute Gasteiger partial charge is 0.497 e. The maximum absolute atomic E-state index is 15.1. The molecule has 2 fully saturated rings. The van der Waals surface area contributed by atoms with E-state index in [9.17, 15) is 14.4 Å². The summed E-state index contributed by atoms with van der Waals surface area (Å²) in [6.07, 6.45) is 4.40. The summed E-state index contributed by atoms with van der Waals surface area (Å²) >= 11 is 12.7. The highest BCUT2D eigenvalue weighted by Crippen LogP contribution is 2.46. The molecule has 4 heterocycles. The monoisotopic (exact) mass is 890 g/mol. The Morgan fingerprint density at radius 2 is 1.62 bits per heavy atom. The fourth-order valence-electron chi connectivity index (χ4n) is 9.04. The number of hydrogen-bond donors (Lipinski definition) is 1. The molecular weight excluding hydrogens is 839 g/mol. The number of benzene rings is 4. The van der Waals surface area contributed by atoms with Gasteiger partial charge in [-0.25, -0.2) is 4.79 Å². The van der Waals surface area contributed by atoms with Crippen molar-refractivity contribution in [2.75, 3.05) is 33.3 Å². The van der Waals surface area contributed by atoms with Gasteiger partial charge in [-0.3, -0.25) is 24.3 Å². The predicted molar refractivity (Wildman–Crippen MR) is 243 cm³/mol. The van der Waals surface area contributed by atoms with E-state index in [2.05, 4.69) is 18.0 Å². The second-order valence-electron chi connectivity index (χ2n) is 16.8. The van der Waals surface area contributed by atoms with E-state index in [1.54, 1.807) is 40.0 Å². The zero-order valence-corrected chi connectivity index (χ0v) is 37.3. The molecular formula is C49H52Cl2N6O6. The number of rotatable bonds is 13. The third kappa shape index (κ3) is 9.29. The summed E-state index contributed by atoms with van der Waals surface area (Å²) in [7, 11) is 1.59. The van der Waals surface area contributed by atoms with Gasteiger partial charge in [-0.05, 0) is 111 Å². The number of urea groups is 1. The second kappa shape index (κ2) is 18.9. The van der Waals surface area contributed by atoms with Crippen LogP contribution in [0.15, 0.2) is 102 Å². The van der Waals surface area contributed by atoms with Crippen LogP contribution in [0.2, 0.25) is 10.0 Å². The van der Waals surface area contributed by atoms with Crippen LogP contribution in [0, 0.1) is 0 Å².